The van der Waals surface area contributed by atoms with E-state index in [-0.39, 0.29) is 29.9 Å². The molecule has 0 spiro atoms. The summed E-state index contributed by atoms with van der Waals surface area (Å²) in [4.78, 5) is 24.7. The van der Waals surface area contributed by atoms with Crippen LogP contribution >= 0.6 is 0 Å². The molecule has 154 valence electrons. The highest BCUT2D eigenvalue weighted by Gasteiger charge is 2.19. The highest BCUT2D eigenvalue weighted by Crippen LogP contribution is 2.26. The number of hydrogen-bond donors (Lipinski definition) is 1. The fraction of sp³-hybridized carbons (Fsp3) is 0.167. The first-order chi connectivity index (χ1) is 14.6. The first-order valence-corrected chi connectivity index (χ1v) is 9.40. The second-order valence-corrected chi connectivity index (χ2v) is 6.46. The van der Waals surface area contributed by atoms with Crippen LogP contribution in [0.25, 0.3) is 0 Å². The molecule has 3 rings (SSSR count). The van der Waals surface area contributed by atoms with Crippen molar-refractivity contribution in [2.24, 2.45) is 0 Å². The van der Waals surface area contributed by atoms with Gasteiger partial charge >= 0.3 is 5.97 Å². The number of hydrogen-bond acceptors (Lipinski definition) is 5. The van der Waals surface area contributed by atoms with Crippen LogP contribution in [0.2, 0.25) is 0 Å². The molecule has 30 heavy (non-hydrogen) atoms. The number of carbonyl (C=O) groups is 2. The van der Waals surface area contributed by atoms with E-state index in [1.165, 1.54) is 20.3 Å². The van der Waals surface area contributed by atoms with Gasteiger partial charge in [-0.05, 0) is 23.3 Å². The van der Waals surface area contributed by atoms with Crippen LogP contribution in [0.1, 0.15) is 27.5 Å². The Balaban J connectivity index is 1.76. The zero-order valence-corrected chi connectivity index (χ0v) is 16.8. The Morgan fingerprint density at radius 2 is 1.47 bits per heavy atom. The van der Waals surface area contributed by atoms with Crippen molar-refractivity contribution in [2.45, 2.75) is 6.04 Å². The second kappa shape index (κ2) is 10.1. The quantitative estimate of drug-likeness (QED) is 0.578. The number of methoxy groups -OCH3 is 2. The second-order valence-electron chi connectivity index (χ2n) is 6.46. The average Bonchev–Trinajstić information content (AvgIpc) is 2.81. The van der Waals surface area contributed by atoms with Gasteiger partial charge in [-0.3, -0.25) is 4.79 Å². The Morgan fingerprint density at radius 1 is 0.867 bits per heavy atom. The van der Waals surface area contributed by atoms with Crippen molar-refractivity contribution in [3.63, 3.8) is 0 Å². The smallest absolute Gasteiger partial charge is 0.341 e. The van der Waals surface area contributed by atoms with Gasteiger partial charge in [-0.1, -0.05) is 60.7 Å². The zero-order valence-electron chi connectivity index (χ0n) is 16.8. The molecule has 0 heterocycles. The monoisotopic (exact) mass is 405 g/mol. The molecule has 0 aliphatic heterocycles. The van der Waals surface area contributed by atoms with Gasteiger partial charge in [-0.25, -0.2) is 4.79 Å². The summed E-state index contributed by atoms with van der Waals surface area (Å²) in [7, 11) is 2.79. The Morgan fingerprint density at radius 3 is 2.00 bits per heavy atom. The van der Waals surface area contributed by atoms with Gasteiger partial charge in [0.1, 0.15) is 17.1 Å². The molecule has 1 amide bonds. The average molecular weight is 405 g/mol. The molecule has 0 aliphatic carbocycles. The number of rotatable bonds is 8. The molecular formula is C24H23NO5. The number of nitrogens with one attached hydrogen (secondary N) is 1. The van der Waals surface area contributed by atoms with E-state index in [1.54, 1.807) is 12.1 Å². The van der Waals surface area contributed by atoms with E-state index in [0.717, 1.165) is 11.1 Å². The molecule has 0 saturated heterocycles. The molecule has 0 aliphatic rings. The highest BCUT2D eigenvalue weighted by molar-refractivity contribution is 5.93. The first-order valence-electron chi connectivity index (χ1n) is 9.40. The molecule has 3 aromatic carbocycles. The topological polar surface area (TPSA) is 73.9 Å². The van der Waals surface area contributed by atoms with E-state index in [2.05, 4.69) is 5.32 Å². The molecule has 0 bridgehead atoms. The maximum absolute atomic E-state index is 12.7. The first kappa shape index (κ1) is 20.9. The number of carbonyl (C=O) groups excluding carboxylic acids is 2. The fourth-order valence-corrected chi connectivity index (χ4v) is 3.02. The van der Waals surface area contributed by atoms with Crippen LogP contribution in [0.5, 0.6) is 11.5 Å². The minimum Gasteiger partial charge on any atom is -0.497 e. The summed E-state index contributed by atoms with van der Waals surface area (Å²) >= 11 is 0. The summed E-state index contributed by atoms with van der Waals surface area (Å²) in [5, 5.41) is 3.00. The molecule has 0 aromatic heterocycles. The summed E-state index contributed by atoms with van der Waals surface area (Å²) in [6.07, 6.45) is 0. The number of amides is 1. The standard InChI is InChI=1S/C24H23NO5/c1-28-19-13-14-20(24(27)29-2)21(15-19)30-16-22(26)25-23(17-9-5-3-6-10-17)18-11-7-4-8-12-18/h3-15,23H,16H2,1-2H3,(H,25,26). The molecular weight excluding hydrogens is 382 g/mol. The third kappa shape index (κ3) is 5.17. The van der Waals surface area contributed by atoms with E-state index in [1.807, 2.05) is 60.7 Å². The van der Waals surface area contributed by atoms with E-state index >= 15 is 0 Å². The van der Waals surface area contributed by atoms with Crippen LogP contribution in [0, 0.1) is 0 Å². The lowest BCUT2D eigenvalue weighted by atomic mass is 9.99. The number of ether oxygens (including phenoxy) is 3. The Hall–Kier alpha value is -3.80. The molecule has 0 saturated carbocycles. The Bertz CT molecular complexity index is 949. The van der Waals surface area contributed by atoms with Crippen molar-refractivity contribution < 1.29 is 23.8 Å². The van der Waals surface area contributed by atoms with Crippen LogP contribution in [0.3, 0.4) is 0 Å². The molecule has 1 N–H and O–H groups in total. The number of esters is 1. The molecule has 3 aromatic rings. The lowest BCUT2D eigenvalue weighted by Crippen LogP contribution is -2.33. The fourth-order valence-electron chi connectivity index (χ4n) is 3.02. The van der Waals surface area contributed by atoms with Crippen molar-refractivity contribution in [1.82, 2.24) is 5.32 Å². The normalized spacial score (nSPS) is 10.4. The third-order valence-electron chi connectivity index (χ3n) is 4.52. The van der Waals surface area contributed by atoms with Crippen molar-refractivity contribution in [3.05, 3.63) is 95.6 Å². The minimum atomic E-state index is -0.556. The molecule has 0 fully saturated rings. The molecule has 6 nitrogen and oxygen atoms in total. The van der Waals surface area contributed by atoms with Gasteiger partial charge in [-0.2, -0.15) is 0 Å². The Labute approximate surface area is 175 Å². The highest BCUT2D eigenvalue weighted by atomic mass is 16.5. The van der Waals surface area contributed by atoms with Gasteiger partial charge in [0.05, 0.1) is 20.3 Å². The van der Waals surface area contributed by atoms with Crippen LogP contribution in [-0.2, 0) is 9.53 Å². The summed E-state index contributed by atoms with van der Waals surface area (Å²) in [5.74, 6) is -0.164. The van der Waals surface area contributed by atoms with Gasteiger partial charge in [-0.15, -0.1) is 0 Å². The summed E-state index contributed by atoms with van der Waals surface area (Å²) < 4.78 is 15.6. The number of benzene rings is 3. The van der Waals surface area contributed by atoms with Crippen LogP contribution in [0.15, 0.2) is 78.9 Å². The van der Waals surface area contributed by atoms with E-state index in [4.69, 9.17) is 14.2 Å². The zero-order chi connectivity index (χ0) is 21.3. The van der Waals surface area contributed by atoms with Crippen LogP contribution in [-0.4, -0.2) is 32.7 Å². The van der Waals surface area contributed by atoms with Crippen molar-refractivity contribution in [3.8, 4) is 11.5 Å². The Kier molecular flexibility index (Phi) is 7.05. The minimum absolute atomic E-state index is 0.215. The molecule has 0 unspecified atom stereocenters. The third-order valence-corrected chi connectivity index (χ3v) is 4.52. The van der Waals surface area contributed by atoms with Crippen molar-refractivity contribution in [1.29, 1.82) is 0 Å². The summed E-state index contributed by atoms with van der Waals surface area (Å²) in [6.45, 7) is -0.271. The maximum Gasteiger partial charge on any atom is 0.341 e. The van der Waals surface area contributed by atoms with Gasteiger partial charge in [0.2, 0.25) is 0 Å². The van der Waals surface area contributed by atoms with Crippen LogP contribution in [0.4, 0.5) is 0 Å². The predicted molar refractivity (Wildman–Crippen MR) is 113 cm³/mol. The molecule has 6 heteroatoms. The van der Waals surface area contributed by atoms with Gasteiger partial charge in [0.25, 0.3) is 5.91 Å². The summed E-state index contributed by atoms with van der Waals surface area (Å²) in [5.41, 5.74) is 2.12. The summed E-state index contributed by atoms with van der Waals surface area (Å²) in [6, 6.07) is 23.7. The van der Waals surface area contributed by atoms with Crippen molar-refractivity contribution in [2.75, 3.05) is 20.8 Å². The van der Waals surface area contributed by atoms with Gasteiger partial charge in [0, 0.05) is 6.07 Å². The lowest BCUT2D eigenvalue weighted by Gasteiger charge is -2.20. The van der Waals surface area contributed by atoms with E-state index < -0.39 is 5.97 Å². The van der Waals surface area contributed by atoms with E-state index in [0.29, 0.717) is 5.75 Å². The van der Waals surface area contributed by atoms with Crippen molar-refractivity contribution >= 4 is 11.9 Å². The van der Waals surface area contributed by atoms with Crippen LogP contribution < -0.4 is 14.8 Å². The SMILES string of the molecule is COC(=O)c1ccc(OC)cc1OCC(=O)NC(c1ccccc1)c1ccccc1. The predicted octanol–water partition coefficient (Wildman–Crippen LogP) is 3.77. The molecule has 0 atom stereocenters. The van der Waals surface area contributed by atoms with E-state index in [9.17, 15) is 9.59 Å². The largest absolute Gasteiger partial charge is 0.497 e. The molecule has 0 radical (unpaired) electrons. The van der Waals surface area contributed by atoms with Gasteiger partial charge < -0.3 is 19.5 Å². The lowest BCUT2D eigenvalue weighted by molar-refractivity contribution is -0.123. The van der Waals surface area contributed by atoms with Gasteiger partial charge in [0.15, 0.2) is 6.61 Å². The maximum atomic E-state index is 12.7.